The molecule has 2 saturated heterocycles. The summed E-state index contributed by atoms with van der Waals surface area (Å²) in [5.74, 6) is -0.816. The average Bonchev–Trinajstić information content (AvgIpc) is 3.60. The predicted molar refractivity (Wildman–Crippen MR) is 113 cm³/mol. The van der Waals surface area contributed by atoms with E-state index in [0.29, 0.717) is 13.2 Å². The van der Waals surface area contributed by atoms with Crippen molar-refractivity contribution in [3.8, 4) is 5.75 Å². The van der Waals surface area contributed by atoms with Gasteiger partial charge in [-0.15, -0.1) is 0 Å². The largest absolute Gasteiger partial charge is 0.495 e. The number of nitrogens with one attached hydrogen (secondary N) is 2. The van der Waals surface area contributed by atoms with E-state index >= 15 is 0 Å². The molecule has 3 aliphatic rings. The van der Waals surface area contributed by atoms with Crippen molar-refractivity contribution >= 4 is 33.6 Å². The fraction of sp³-hybridized carbons (Fsp3) is 0.550. The van der Waals surface area contributed by atoms with Crippen LogP contribution >= 0.6 is 0 Å². The Bertz CT molecular complexity index is 1050. The number of sulfonamides is 1. The van der Waals surface area contributed by atoms with Crippen LogP contribution in [-0.4, -0.2) is 81.0 Å². The molecule has 4 rings (SSSR count). The van der Waals surface area contributed by atoms with Gasteiger partial charge in [0.1, 0.15) is 22.7 Å². The fourth-order valence-electron chi connectivity index (χ4n) is 4.02. The van der Waals surface area contributed by atoms with Crippen molar-refractivity contribution in [3.63, 3.8) is 0 Å². The zero-order valence-electron chi connectivity index (χ0n) is 17.9. The Morgan fingerprint density at radius 2 is 1.97 bits per heavy atom. The number of carbonyl (C=O) groups excluding carboxylic acids is 3. The van der Waals surface area contributed by atoms with Gasteiger partial charge in [-0.3, -0.25) is 14.5 Å². The minimum atomic E-state index is -3.87. The minimum absolute atomic E-state index is 0.0848. The van der Waals surface area contributed by atoms with Gasteiger partial charge in [0.15, 0.2) is 0 Å². The number of ether oxygens (including phenoxy) is 2. The summed E-state index contributed by atoms with van der Waals surface area (Å²) in [6.45, 7) is 2.23. The summed E-state index contributed by atoms with van der Waals surface area (Å²) in [7, 11) is -2.51. The maximum atomic E-state index is 13.1. The van der Waals surface area contributed by atoms with E-state index < -0.39 is 40.0 Å². The number of carbonyl (C=O) groups is 3. The average molecular weight is 467 g/mol. The maximum absolute atomic E-state index is 13.1. The van der Waals surface area contributed by atoms with Crippen LogP contribution in [0.15, 0.2) is 23.1 Å². The van der Waals surface area contributed by atoms with Crippen LogP contribution in [0.2, 0.25) is 0 Å². The smallest absolute Gasteiger partial charge is 0.325 e. The van der Waals surface area contributed by atoms with Crippen LogP contribution in [0.25, 0.3) is 0 Å². The fourth-order valence-corrected chi connectivity index (χ4v) is 5.61. The standard InChI is InChI=1S/C20H26N4O7S/c1-20(13-3-4-13)18(26)24(19(27)22-20)12-17(25)21-14-5-6-15(30-2)16(11-14)32(28,29)23-7-9-31-10-8-23/h5-6,11,13H,3-4,7-10,12H2,1-2H3,(H,21,25)(H,22,27). The normalized spacial score (nSPS) is 24.4. The Morgan fingerprint density at radius 1 is 1.28 bits per heavy atom. The molecule has 174 valence electrons. The molecular formula is C20H26N4O7S. The number of urea groups is 1. The van der Waals surface area contributed by atoms with Gasteiger partial charge in [0.25, 0.3) is 5.91 Å². The van der Waals surface area contributed by atoms with Crippen molar-refractivity contribution in [2.24, 2.45) is 5.92 Å². The number of anilines is 1. The Labute approximate surface area is 186 Å². The van der Waals surface area contributed by atoms with E-state index in [1.165, 1.54) is 29.6 Å². The van der Waals surface area contributed by atoms with Crippen molar-refractivity contribution in [2.75, 3.05) is 45.3 Å². The molecule has 32 heavy (non-hydrogen) atoms. The zero-order chi connectivity index (χ0) is 23.1. The number of methoxy groups -OCH3 is 1. The second-order valence-electron chi connectivity index (χ2n) is 8.23. The van der Waals surface area contributed by atoms with Crippen LogP contribution in [0, 0.1) is 5.92 Å². The molecule has 1 aromatic carbocycles. The van der Waals surface area contributed by atoms with Crippen molar-refractivity contribution < 1.29 is 32.3 Å². The lowest BCUT2D eigenvalue weighted by molar-refractivity contribution is -0.134. The number of rotatable bonds is 7. The molecule has 3 fully saturated rings. The SMILES string of the molecule is COc1ccc(NC(=O)CN2C(=O)NC(C)(C3CC3)C2=O)cc1S(=O)(=O)N1CCOCC1. The number of benzene rings is 1. The van der Waals surface area contributed by atoms with E-state index in [0.717, 1.165) is 17.7 Å². The van der Waals surface area contributed by atoms with E-state index in [4.69, 9.17) is 9.47 Å². The molecule has 2 heterocycles. The van der Waals surface area contributed by atoms with E-state index in [1.807, 2.05) is 0 Å². The molecule has 4 amide bonds. The van der Waals surface area contributed by atoms with E-state index in [9.17, 15) is 22.8 Å². The lowest BCUT2D eigenvalue weighted by Gasteiger charge is -2.27. The summed E-state index contributed by atoms with van der Waals surface area (Å²) >= 11 is 0. The van der Waals surface area contributed by atoms with Gasteiger partial charge in [0.05, 0.1) is 20.3 Å². The van der Waals surface area contributed by atoms with Crippen LogP contribution in [-0.2, 0) is 24.3 Å². The van der Waals surface area contributed by atoms with Crippen molar-refractivity contribution in [2.45, 2.75) is 30.2 Å². The molecule has 0 spiro atoms. The van der Waals surface area contributed by atoms with Gasteiger partial charge < -0.3 is 20.1 Å². The maximum Gasteiger partial charge on any atom is 0.325 e. The zero-order valence-corrected chi connectivity index (χ0v) is 18.7. The van der Waals surface area contributed by atoms with Gasteiger partial charge in [-0.1, -0.05) is 0 Å². The quantitative estimate of drug-likeness (QED) is 0.555. The van der Waals surface area contributed by atoms with E-state index in [-0.39, 0.29) is 35.3 Å². The number of imide groups is 1. The van der Waals surface area contributed by atoms with Crippen LogP contribution in [0.1, 0.15) is 19.8 Å². The molecule has 0 radical (unpaired) electrons. The van der Waals surface area contributed by atoms with Gasteiger partial charge in [-0.25, -0.2) is 13.2 Å². The van der Waals surface area contributed by atoms with E-state index in [1.54, 1.807) is 6.92 Å². The minimum Gasteiger partial charge on any atom is -0.495 e. The van der Waals surface area contributed by atoms with Gasteiger partial charge >= 0.3 is 6.03 Å². The lowest BCUT2D eigenvalue weighted by Crippen LogP contribution is -2.46. The molecule has 2 aliphatic heterocycles. The Hall–Kier alpha value is -2.70. The van der Waals surface area contributed by atoms with Gasteiger partial charge in [0.2, 0.25) is 15.9 Å². The molecule has 12 heteroatoms. The van der Waals surface area contributed by atoms with Crippen LogP contribution in [0.3, 0.4) is 0 Å². The van der Waals surface area contributed by atoms with Crippen LogP contribution in [0.5, 0.6) is 5.75 Å². The first-order chi connectivity index (χ1) is 15.2. The summed E-state index contributed by atoms with van der Waals surface area (Å²) < 4.78 is 37.9. The highest BCUT2D eigenvalue weighted by Gasteiger charge is 2.56. The molecule has 11 nitrogen and oxygen atoms in total. The second kappa shape index (κ2) is 8.34. The number of amides is 4. The summed E-state index contributed by atoms with van der Waals surface area (Å²) in [4.78, 5) is 38.4. The molecule has 1 saturated carbocycles. The molecule has 1 atom stereocenters. The molecular weight excluding hydrogens is 440 g/mol. The van der Waals surface area contributed by atoms with Crippen LogP contribution in [0.4, 0.5) is 10.5 Å². The molecule has 1 unspecified atom stereocenters. The van der Waals surface area contributed by atoms with Crippen LogP contribution < -0.4 is 15.4 Å². The van der Waals surface area contributed by atoms with Crippen molar-refractivity contribution in [1.82, 2.24) is 14.5 Å². The van der Waals surface area contributed by atoms with Gasteiger partial charge in [-0.05, 0) is 43.9 Å². The highest BCUT2D eigenvalue weighted by atomic mass is 32.2. The summed E-state index contributed by atoms with van der Waals surface area (Å²) in [5, 5.41) is 5.26. The Balaban J connectivity index is 1.50. The van der Waals surface area contributed by atoms with Gasteiger partial charge in [-0.2, -0.15) is 4.31 Å². The third kappa shape index (κ3) is 4.05. The van der Waals surface area contributed by atoms with Gasteiger partial charge in [0, 0.05) is 18.8 Å². The molecule has 0 aromatic heterocycles. The summed E-state index contributed by atoms with van der Waals surface area (Å²) in [5.41, 5.74) is -0.767. The number of hydrogen-bond donors (Lipinski definition) is 2. The molecule has 2 N–H and O–H groups in total. The highest BCUT2D eigenvalue weighted by Crippen LogP contribution is 2.42. The summed E-state index contributed by atoms with van der Waals surface area (Å²) in [6.07, 6.45) is 1.71. The second-order valence-corrected chi connectivity index (χ2v) is 10.1. The Morgan fingerprint density at radius 3 is 2.59 bits per heavy atom. The van der Waals surface area contributed by atoms with E-state index in [2.05, 4.69) is 10.6 Å². The first-order valence-electron chi connectivity index (χ1n) is 10.4. The third-order valence-corrected chi connectivity index (χ3v) is 7.95. The lowest BCUT2D eigenvalue weighted by atomic mass is 9.96. The number of nitrogens with zero attached hydrogens (tertiary/aromatic N) is 2. The summed E-state index contributed by atoms with van der Waals surface area (Å²) in [6, 6.07) is 3.64. The molecule has 1 aliphatic carbocycles. The number of hydrogen-bond acceptors (Lipinski definition) is 7. The van der Waals surface area contributed by atoms with Crippen molar-refractivity contribution in [3.05, 3.63) is 18.2 Å². The monoisotopic (exact) mass is 466 g/mol. The first-order valence-corrected chi connectivity index (χ1v) is 11.8. The first kappa shape index (κ1) is 22.5. The van der Waals surface area contributed by atoms with Crippen molar-refractivity contribution in [1.29, 1.82) is 0 Å². The topological polar surface area (TPSA) is 134 Å². The molecule has 1 aromatic rings. The molecule has 0 bridgehead atoms. The predicted octanol–water partition coefficient (Wildman–Crippen LogP) is 0.375. The third-order valence-electron chi connectivity index (χ3n) is 6.03. The highest BCUT2D eigenvalue weighted by molar-refractivity contribution is 7.89. The Kier molecular flexibility index (Phi) is 5.86. The number of morpholine rings is 1.